The largest absolute Gasteiger partial charge is 0.497 e. The van der Waals surface area contributed by atoms with Gasteiger partial charge in [-0.1, -0.05) is 28.9 Å². The highest BCUT2D eigenvalue weighted by molar-refractivity contribution is 9.11. The van der Waals surface area contributed by atoms with Crippen LogP contribution in [0, 0.1) is 17.3 Å². The lowest BCUT2D eigenvalue weighted by atomic mass is 9.53. The summed E-state index contributed by atoms with van der Waals surface area (Å²) in [5, 5.41) is 11.3. The zero-order valence-electron chi connectivity index (χ0n) is 14.6. The summed E-state index contributed by atoms with van der Waals surface area (Å²) < 4.78 is 5.41. The molecule has 1 aromatic rings. The predicted octanol–water partition coefficient (Wildman–Crippen LogP) is 5.19. The van der Waals surface area contributed by atoms with Crippen molar-refractivity contribution in [3.05, 3.63) is 40.4 Å². The third-order valence-corrected chi connectivity index (χ3v) is 7.75. The molecule has 3 heteroatoms. The van der Waals surface area contributed by atoms with Gasteiger partial charge >= 0.3 is 0 Å². The Morgan fingerprint density at radius 1 is 1.25 bits per heavy atom. The molecule has 5 atom stereocenters. The smallest absolute Gasteiger partial charge is 0.119 e. The molecule has 0 unspecified atom stereocenters. The van der Waals surface area contributed by atoms with Crippen LogP contribution in [0.2, 0.25) is 0 Å². The molecule has 0 spiro atoms. The van der Waals surface area contributed by atoms with Crippen molar-refractivity contribution in [2.24, 2.45) is 17.3 Å². The van der Waals surface area contributed by atoms with E-state index in [0.717, 1.165) is 31.4 Å². The summed E-state index contributed by atoms with van der Waals surface area (Å²) in [6.07, 6.45) is 8.74. The van der Waals surface area contributed by atoms with Gasteiger partial charge in [-0.25, -0.2) is 0 Å². The van der Waals surface area contributed by atoms with Crippen molar-refractivity contribution < 1.29 is 9.84 Å². The molecule has 0 saturated heterocycles. The van der Waals surface area contributed by atoms with Gasteiger partial charge in [0, 0.05) is 5.41 Å². The van der Waals surface area contributed by atoms with E-state index in [4.69, 9.17) is 4.74 Å². The maximum atomic E-state index is 11.3. The maximum Gasteiger partial charge on any atom is 0.119 e. The van der Waals surface area contributed by atoms with E-state index in [0.29, 0.717) is 17.8 Å². The van der Waals surface area contributed by atoms with Crippen LogP contribution in [-0.4, -0.2) is 17.8 Å². The summed E-state index contributed by atoms with van der Waals surface area (Å²) in [7, 11) is 1.75. The molecule has 2 fully saturated rings. The maximum absolute atomic E-state index is 11.3. The van der Waals surface area contributed by atoms with Crippen LogP contribution in [0.25, 0.3) is 0 Å². The number of aliphatic hydroxyl groups is 1. The van der Waals surface area contributed by atoms with Crippen molar-refractivity contribution in [1.82, 2.24) is 0 Å². The number of ether oxygens (including phenoxy) is 1. The molecule has 24 heavy (non-hydrogen) atoms. The van der Waals surface area contributed by atoms with Gasteiger partial charge in [0.05, 0.1) is 12.7 Å². The minimum Gasteiger partial charge on any atom is -0.497 e. The number of benzene rings is 1. The fourth-order valence-electron chi connectivity index (χ4n) is 6.11. The predicted molar refractivity (Wildman–Crippen MR) is 101 cm³/mol. The second-order valence-corrected chi connectivity index (χ2v) is 8.72. The third kappa shape index (κ3) is 2.24. The fraction of sp³-hybridized carbons (Fsp3) is 0.619. The third-order valence-electron chi connectivity index (χ3n) is 7.49. The minimum atomic E-state index is -0.647. The molecule has 0 bridgehead atoms. The molecule has 0 radical (unpaired) electrons. The zero-order valence-corrected chi connectivity index (χ0v) is 16.2. The zero-order chi connectivity index (χ0) is 16.9. The van der Waals surface area contributed by atoms with Crippen molar-refractivity contribution in [2.45, 2.75) is 57.0 Å². The molecular formula is C21H27BrO2. The molecule has 2 nitrogen and oxygen atoms in total. The standard InChI is InChI=1S/C21H27BrO2/c1-20-9-7-17-16-6-4-15(24-2)13-14(16)3-5-18(17)19(20)8-10-21(20,23)11-12-22/h4,6,11-13,17-19,23H,3,5,7-10H2,1-2H3/b12-11-/t17-,18-,19+,20+,21-/m1/s1. The van der Waals surface area contributed by atoms with Gasteiger partial charge in [0.15, 0.2) is 0 Å². The van der Waals surface area contributed by atoms with Crippen LogP contribution < -0.4 is 4.74 Å². The molecule has 1 aromatic carbocycles. The van der Waals surface area contributed by atoms with Gasteiger partial charge in [0.2, 0.25) is 0 Å². The number of rotatable bonds is 2. The first-order valence-electron chi connectivity index (χ1n) is 9.19. The van der Waals surface area contributed by atoms with Crippen LogP contribution in [-0.2, 0) is 6.42 Å². The van der Waals surface area contributed by atoms with E-state index in [1.165, 1.54) is 18.4 Å². The van der Waals surface area contributed by atoms with E-state index in [1.807, 2.05) is 11.1 Å². The molecule has 3 aliphatic carbocycles. The lowest BCUT2D eigenvalue weighted by Gasteiger charge is -2.52. The fourth-order valence-corrected chi connectivity index (χ4v) is 6.55. The number of hydrogen-bond donors (Lipinski definition) is 1. The molecule has 0 heterocycles. The summed E-state index contributed by atoms with van der Waals surface area (Å²) in [6.45, 7) is 2.33. The average Bonchev–Trinajstić information content (AvgIpc) is 2.86. The molecule has 1 N–H and O–H groups in total. The lowest BCUT2D eigenvalue weighted by molar-refractivity contribution is -0.0708. The van der Waals surface area contributed by atoms with Gasteiger partial charge < -0.3 is 9.84 Å². The Bertz CT molecular complexity index is 670. The number of aryl methyl sites for hydroxylation is 1. The van der Waals surface area contributed by atoms with Crippen molar-refractivity contribution in [2.75, 3.05) is 7.11 Å². The summed E-state index contributed by atoms with van der Waals surface area (Å²) in [6, 6.07) is 6.65. The van der Waals surface area contributed by atoms with Gasteiger partial charge in [-0.3, -0.25) is 0 Å². The SMILES string of the molecule is COc1ccc2c(c1)CC[C@@H]1[C@@H]2CC[C@@]2(C)[C@H]1CC[C@@]2(O)/C=C\Br. The Labute approximate surface area is 153 Å². The monoisotopic (exact) mass is 390 g/mol. The first kappa shape index (κ1) is 16.7. The Kier molecular flexibility index (Phi) is 4.08. The van der Waals surface area contributed by atoms with Crippen molar-refractivity contribution >= 4 is 15.9 Å². The number of hydrogen-bond acceptors (Lipinski definition) is 2. The molecule has 0 aliphatic heterocycles. The molecule has 4 rings (SSSR count). The Morgan fingerprint density at radius 2 is 2.08 bits per heavy atom. The Balaban J connectivity index is 1.68. The summed E-state index contributed by atoms with van der Waals surface area (Å²) in [5.74, 6) is 2.97. The van der Waals surface area contributed by atoms with E-state index in [-0.39, 0.29) is 5.41 Å². The Morgan fingerprint density at radius 3 is 2.83 bits per heavy atom. The summed E-state index contributed by atoms with van der Waals surface area (Å²) >= 11 is 3.39. The van der Waals surface area contributed by atoms with Gasteiger partial charge in [-0.2, -0.15) is 0 Å². The highest BCUT2D eigenvalue weighted by Gasteiger charge is 2.60. The number of methoxy groups -OCH3 is 1. The topological polar surface area (TPSA) is 29.5 Å². The highest BCUT2D eigenvalue weighted by Crippen LogP contribution is 2.64. The van der Waals surface area contributed by atoms with Crippen LogP contribution >= 0.6 is 15.9 Å². The van der Waals surface area contributed by atoms with E-state index < -0.39 is 5.60 Å². The summed E-state index contributed by atoms with van der Waals surface area (Å²) in [5.41, 5.74) is 2.39. The van der Waals surface area contributed by atoms with E-state index >= 15 is 0 Å². The van der Waals surface area contributed by atoms with Crippen molar-refractivity contribution in [3.8, 4) is 5.75 Å². The van der Waals surface area contributed by atoms with Crippen LogP contribution in [0.4, 0.5) is 0 Å². The van der Waals surface area contributed by atoms with Gasteiger partial charge in [0.25, 0.3) is 0 Å². The highest BCUT2D eigenvalue weighted by atomic mass is 79.9. The van der Waals surface area contributed by atoms with E-state index in [2.05, 4.69) is 41.1 Å². The molecule has 2 saturated carbocycles. The van der Waals surface area contributed by atoms with Crippen LogP contribution in [0.3, 0.4) is 0 Å². The van der Waals surface area contributed by atoms with Crippen LogP contribution in [0.1, 0.15) is 56.1 Å². The van der Waals surface area contributed by atoms with Crippen LogP contribution in [0.5, 0.6) is 5.75 Å². The molecular weight excluding hydrogens is 364 g/mol. The van der Waals surface area contributed by atoms with E-state index in [9.17, 15) is 5.11 Å². The van der Waals surface area contributed by atoms with Gasteiger partial charge in [-0.15, -0.1) is 0 Å². The summed E-state index contributed by atoms with van der Waals surface area (Å²) in [4.78, 5) is 1.86. The molecule has 0 aromatic heterocycles. The quantitative estimate of drug-likeness (QED) is 0.752. The van der Waals surface area contributed by atoms with E-state index in [1.54, 1.807) is 12.7 Å². The second-order valence-electron chi connectivity index (χ2n) is 8.19. The van der Waals surface area contributed by atoms with Gasteiger partial charge in [0.1, 0.15) is 5.75 Å². The van der Waals surface area contributed by atoms with Crippen LogP contribution in [0.15, 0.2) is 29.3 Å². The van der Waals surface area contributed by atoms with Crippen molar-refractivity contribution in [3.63, 3.8) is 0 Å². The lowest BCUT2D eigenvalue weighted by Crippen LogP contribution is -2.49. The minimum absolute atomic E-state index is 0.0163. The number of halogens is 1. The second kappa shape index (κ2) is 5.88. The van der Waals surface area contributed by atoms with Gasteiger partial charge in [-0.05, 0) is 90.6 Å². The number of fused-ring (bicyclic) bond motifs is 5. The Hall–Kier alpha value is -0.800. The molecule has 130 valence electrons. The normalized spacial score (nSPS) is 40.9. The first-order chi connectivity index (χ1) is 11.5. The molecule has 0 amide bonds. The first-order valence-corrected chi connectivity index (χ1v) is 10.1. The molecule has 3 aliphatic rings. The van der Waals surface area contributed by atoms with Crippen molar-refractivity contribution in [1.29, 1.82) is 0 Å². The average molecular weight is 391 g/mol.